The van der Waals surface area contributed by atoms with Gasteiger partial charge in [0.2, 0.25) is 0 Å². The first-order valence-electron chi connectivity index (χ1n) is 5.68. The normalized spacial score (nSPS) is 10.5. The number of carbonyl (C=O) groups excluding carboxylic acids is 1. The number of hydrogen-bond acceptors (Lipinski definition) is 3. The van der Waals surface area contributed by atoms with Crippen molar-refractivity contribution in [1.82, 2.24) is 4.98 Å². The van der Waals surface area contributed by atoms with Gasteiger partial charge in [0.05, 0.1) is 5.56 Å². The van der Waals surface area contributed by atoms with Crippen LogP contribution in [0.1, 0.15) is 21.5 Å². The molecule has 2 N–H and O–H groups in total. The van der Waals surface area contributed by atoms with E-state index in [0.717, 1.165) is 5.56 Å². The largest absolute Gasteiger partial charge is 0.383 e. The van der Waals surface area contributed by atoms with Crippen molar-refractivity contribution in [3.63, 3.8) is 0 Å². The lowest BCUT2D eigenvalue weighted by Gasteiger charge is -2.09. The molecular formula is C14H12Cl2N2O. The van der Waals surface area contributed by atoms with Crippen LogP contribution in [-0.2, 0) is 6.42 Å². The minimum absolute atomic E-state index is 0.106. The van der Waals surface area contributed by atoms with Crippen LogP contribution >= 0.6 is 23.2 Å². The van der Waals surface area contributed by atoms with Gasteiger partial charge in [0.1, 0.15) is 5.82 Å². The fourth-order valence-electron chi connectivity index (χ4n) is 1.89. The molecule has 0 saturated carbocycles. The van der Waals surface area contributed by atoms with Crippen LogP contribution in [0, 0.1) is 6.92 Å². The van der Waals surface area contributed by atoms with Gasteiger partial charge in [-0.1, -0.05) is 29.3 Å². The summed E-state index contributed by atoms with van der Waals surface area (Å²) >= 11 is 12.1. The standard InChI is InChI=1S/C14H12Cl2N2O/c1-8-5-6-18-14(17)13(8)12(19)7-9-10(15)3-2-4-11(9)16/h2-6H,7H2,1H3,(H2,17,18). The highest BCUT2D eigenvalue weighted by Crippen LogP contribution is 2.26. The minimum atomic E-state index is -0.141. The number of nitrogens with zero attached hydrogens (tertiary/aromatic N) is 1. The van der Waals surface area contributed by atoms with Gasteiger partial charge in [0, 0.05) is 22.7 Å². The Labute approximate surface area is 121 Å². The average molecular weight is 295 g/mol. The number of Topliss-reactive ketones (excluding diaryl/α,β-unsaturated/α-hetero) is 1. The molecule has 0 aliphatic carbocycles. The molecule has 0 amide bonds. The van der Waals surface area contributed by atoms with Crippen molar-refractivity contribution >= 4 is 34.8 Å². The van der Waals surface area contributed by atoms with E-state index in [9.17, 15) is 4.79 Å². The van der Waals surface area contributed by atoms with Crippen LogP contribution in [-0.4, -0.2) is 10.8 Å². The van der Waals surface area contributed by atoms with E-state index in [2.05, 4.69) is 4.98 Å². The predicted molar refractivity (Wildman–Crippen MR) is 77.9 cm³/mol. The zero-order valence-electron chi connectivity index (χ0n) is 10.3. The number of carbonyl (C=O) groups is 1. The van der Waals surface area contributed by atoms with Crippen molar-refractivity contribution in [3.8, 4) is 0 Å². The van der Waals surface area contributed by atoms with Crippen molar-refractivity contribution < 1.29 is 4.79 Å². The van der Waals surface area contributed by atoms with Gasteiger partial charge >= 0.3 is 0 Å². The summed E-state index contributed by atoms with van der Waals surface area (Å²) in [6.45, 7) is 1.82. The molecule has 19 heavy (non-hydrogen) atoms. The van der Waals surface area contributed by atoms with Crippen LogP contribution in [0.2, 0.25) is 10.0 Å². The lowest BCUT2D eigenvalue weighted by atomic mass is 10.00. The SMILES string of the molecule is Cc1ccnc(N)c1C(=O)Cc1c(Cl)cccc1Cl. The van der Waals surface area contributed by atoms with Crippen LogP contribution in [0.5, 0.6) is 0 Å². The van der Waals surface area contributed by atoms with Gasteiger partial charge < -0.3 is 5.73 Å². The molecule has 1 heterocycles. The van der Waals surface area contributed by atoms with E-state index in [4.69, 9.17) is 28.9 Å². The van der Waals surface area contributed by atoms with Gasteiger partial charge in [-0.2, -0.15) is 0 Å². The lowest BCUT2D eigenvalue weighted by molar-refractivity contribution is 0.0993. The summed E-state index contributed by atoms with van der Waals surface area (Å²) in [6, 6.07) is 6.89. The van der Waals surface area contributed by atoms with E-state index in [-0.39, 0.29) is 18.0 Å². The first-order valence-corrected chi connectivity index (χ1v) is 6.43. The molecule has 1 aromatic heterocycles. The molecule has 0 unspecified atom stereocenters. The van der Waals surface area contributed by atoms with E-state index in [1.807, 2.05) is 6.92 Å². The number of pyridine rings is 1. The molecule has 2 aromatic rings. The number of halogens is 2. The van der Waals surface area contributed by atoms with Crippen molar-refractivity contribution in [1.29, 1.82) is 0 Å². The monoisotopic (exact) mass is 294 g/mol. The molecule has 0 atom stereocenters. The molecule has 2 rings (SSSR count). The number of nitrogen functional groups attached to an aromatic ring is 1. The fourth-order valence-corrected chi connectivity index (χ4v) is 2.42. The molecule has 0 aliphatic heterocycles. The molecular weight excluding hydrogens is 283 g/mol. The van der Waals surface area contributed by atoms with E-state index in [0.29, 0.717) is 21.2 Å². The van der Waals surface area contributed by atoms with Gasteiger partial charge in [0.15, 0.2) is 5.78 Å². The molecule has 0 radical (unpaired) electrons. The zero-order valence-corrected chi connectivity index (χ0v) is 11.8. The van der Waals surface area contributed by atoms with Crippen LogP contribution in [0.4, 0.5) is 5.82 Å². The second-order valence-electron chi connectivity index (χ2n) is 4.19. The lowest BCUT2D eigenvalue weighted by Crippen LogP contribution is -2.11. The number of anilines is 1. The van der Waals surface area contributed by atoms with E-state index in [1.54, 1.807) is 30.5 Å². The Kier molecular flexibility index (Phi) is 4.08. The summed E-state index contributed by atoms with van der Waals surface area (Å²) in [5, 5.41) is 0.946. The van der Waals surface area contributed by atoms with Crippen LogP contribution < -0.4 is 5.73 Å². The molecule has 0 fully saturated rings. The number of benzene rings is 1. The maximum absolute atomic E-state index is 12.3. The molecule has 5 heteroatoms. The molecule has 3 nitrogen and oxygen atoms in total. The molecule has 98 valence electrons. The predicted octanol–water partition coefficient (Wildman–Crippen LogP) is 3.70. The fraction of sp³-hybridized carbons (Fsp3) is 0.143. The third kappa shape index (κ3) is 2.88. The van der Waals surface area contributed by atoms with Crippen molar-refractivity contribution in [2.45, 2.75) is 13.3 Å². The van der Waals surface area contributed by atoms with Crippen molar-refractivity contribution in [3.05, 3.63) is 57.2 Å². The minimum Gasteiger partial charge on any atom is -0.383 e. The quantitative estimate of drug-likeness (QED) is 0.878. The van der Waals surface area contributed by atoms with Crippen molar-refractivity contribution in [2.24, 2.45) is 0 Å². The van der Waals surface area contributed by atoms with Gasteiger partial charge in [0.25, 0.3) is 0 Å². The third-order valence-electron chi connectivity index (χ3n) is 2.87. The Morgan fingerprint density at radius 2 is 1.89 bits per heavy atom. The Balaban J connectivity index is 2.37. The Morgan fingerprint density at radius 3 is 2.47 bits per heavy atom. The van der Waals surface area contributed by atoms with E-state index >= 15 is 0 Å². The smallest absolute Gasteiger partial charge is 0.171 e. The second kappa shape index (κ2) is 5.59. The highest BCUT2D eigenvalue weighted by Gasteiger charge is 2.17. The number of aryl methyl sites for hydroxylation is 1. The molecule has 1 aromatic carbocycles. The number of aromatic nitrogens is 1. The Morgan fingerprint density at radius 1 is 1.26 bits per heavy atom. The molecule has 0 aliphatic rings. The number of ketones is 1. The van der Waals surface area contributed by atoms with Crippen LogP contribution in [0.15, 0.2) is 30.5 Å². The zero-order chi connectivity index (χ0) is 14.0. The topological polar surface area (TPSA) is 56.0 Å². The maximum atomic E-state index is 12.3. The molecule has 0 saturated heterocycles. The molecule has 0 bridgehead atoms. The first kappa shape index (κ1) is 13.8. The van der Waals surface area contributed by atoms with Crippen molar-refractivity contribution in [2.75, 3.05) is 5.73 Å². The summed E-state index contributed by atoms with van der Waals surface area (Å²) in [4.78, 5) is 16.3. The summed E-state index contributed by atoms with van der Waals surface area (Å²) in [5.74, 6) is 0.0891. The Hall–Kier alpha value is -1.58. The van der Waals surface area contributed by atoms with Gasteiger partial charge in [-0.3, -0.25) is 4.79 Å². The molecule has 0 spiro atoms. The summed E-state index contributed by atoms with van der Waals surface area (Å²) in [6.07, 6.45) is 1.68. The van der Waals surface area contributed by atoms with E-state index < -0.39 is 0 Å². The van der Waals surface area contributed by atoms with Gasteiger partial charge in [-0.05, 0) is 36.2 Å². The highest BCUT2D eigenvalue weighted by atomic mass is 35.5. The third-order valence-corrected chi connectivity index (χ3v) is 3.57. The van der Waals surface area contributed by atoms with Gasteiger partial charge in [-0.25, -0.2) is 4.98 Å². The second-order valence-corrected chi connectivity index (χ2v) is 5.00. The number of nitrogens with two attached hydrogens (primary N) is 1. The summed E-state index contributed by atoms with van der Waals surface area (Å²) in [7, 11) is 0. The summed E-state index contributed by atoms with van der Waals surface area (Å²) in [5.41, 5.74) is 7.59. The Bertz CT molecular complexity index is 601. The number of hydrogen-bond donors (Lipinski definition) is 1. The highest BCUT2D eigenvalue weighted by molar-refractivity contribution is 6.36. The maximum Gasteiger partial charge on any atom is 0.171 e. The number of rotatable bonds is 3. The van der Waals surface area contributed by atoms with Crippen LogP contribution in [0.3, 0.4) is 0 Å². The van der Waals surface area contributed by atoms with E-state index in [1.165, 1.54) is 0 Å². The first-order chi connectivity index (χ1) is 9.00. The summed E-state index contributed by atoms with van der Waals surface area (Å²) < 4.78 is 0. The average Bonchev–Trinajstić information content (AvgIpc) is 2.34. The van der Waals surface area contributed by atoms with Crippen LogP contribution in [0.25, 0.3) is 0 Å². The van der Waals surface area contributed by atoms with Gasteiger partial charge in [-0.15, -0.1) is 0 Å².